The lowest BCUT2D eigenvalue weighted by atomic mass is 10.0. The number of likely N-dealkylation sites (tertiary alicyclic amines) is 1. The molecule has 1 fully saturated rings. The molecule has 0 bridgehead atoms. The number of rotatable bonds is 4. The topological polar surface area (TPSA) is 66.7 Å². The Labute approximate surface area is 168 Å². The number of piperidine rings is 1. The lowest BCUT2D eigenvalue weighted by molar-refractivity contribution is 0.0670. The molecule has 2 aromatic heterocycles. The summed E-state index contributed by atoms with van der Waals surface area (Å²) in [6.07, 6.45) is 3.80. The summed E-state index contributed by atoms with van der Waals surface area (Å²) in [6.45, 7) is 3.56. The minimum absolute atomic E-state index is 0.0459. The Morgan fingerprint density at radius 2 is 2.00 bits per heavy atom. The number of fused-ring (bicyclic) bond motifs is 1. The van der Waals surface area contributed by atoms with Gasteiger partial charge in [0.2, 0.25) is 5.82 Å². The molecule has 0 aliphatic carbocycles. The number of nitrogens with zero attached hydrogens (tertiary/aromatic N) is 3. The molecule has 150 valence electrons. The average Bonchev–Trinajstić information content (AvgIpc) is 3.12. The molecule has 1 aliphatic rings. The Hall–Kier alpha value is -3.22. The van der Waals surface area contributed by atoms with Crippen LogP contribution in [0.2, 0.25) is 0 Å². The molecule has 1 aromatic carbocycles. The first-order valence-electron chi connectivity index (χ1n) is 9.82. The van der Waals surface area contributed by atoms with E-state index >= 15 is 0 Å². The van der Waals surface area contributed by atoms with E-state index < -0.39 is 5.91 Å². The van der Waals surface area contributed by atoms with Crippen LogP contribution in [-0.4, -0.2) is 39.2 Å². The molecular weight excluding hydrogens is 371 g/mol. The summed E-state index contributed by atoms with van der Waals surface area (Å²) < 4.78 is 15.5. The van der Waals surface area contributed by atoms with Crippen LogP contribution < -0.4 is 5.32 Å². The molecule has 1 atom stereocenters. The molecule has 2 amide bonds. The van der Waals surface area contributed by atoms with Crippen LogP contribution in [0, 0.1) is 11.7 Å². The number of carbonyl (C=O) groups excluding carboxylic acids is 2. The predicted octanol–water partition coefficient (Wildman–Crippen LogP) is 3.28. The maximum atomic E-state index is 13.8. The molecule has 3 heterocycles. The predicted molar refractivity (Wildman–Crippen MR) is 107 cm³/mol. The van der Waals surface area contributed by atoms with Gasteiger partial charge in [-0.1, -0.05) is 31.2 Å². The van der Waals surface area contributed by atoms with Crippen LogP contribution in [-0.2, 0) is 6.54 Å². The van der Waals surface area contributed by atoms with E-state index in [0.29, 0.717) is 30.1 Å². The van der Waals surface area contributed by atoms with E-state index in [1.54, 1.807) is 51.9 Å². The smallest absolute Gasteiger partial charge is 0.290 e. The van der Waals surface area contributed by atoms with E-state index in [1.807, 2.05) is 0 Å². The summed E-state index contributed by atoms with van der Waals surface area (Å²) in [7, 11) is 0. The largest absolute Gasteiger partial charge is 0.346 e. The molecule has 1 aliphatic heterocycles. The summed E-state index contributed by atoms with van der Waals surface area (Å²) in [4.78, 5) is 32.0. The highest BCUT2D eigenvalue weighted by atomic mass is 19.1. The highest BCUT2D eigenvalue weighted by Crippen LogP contribution is 2.20. The maximum Gasteiger partial charge on any atom is 0.290 e. The number of carbonyl (C=O) groups is 2. The molecule has 29 heavy (non-hydrogen) atoms. The maximum absolute atomic E-state index is 13.8. The van der Waals surface area contributed by atoms with E-state index in [0.717, 1.165) is 12.8 Å². The fourth-order valence-electron chi connectivity index (χ4n) is 3.77. The Morgan fingerprint density at radius 1 is 1.21 bits per heavy atom. The standard InChI is InChI=1S/C22H23FN4O2/c1-15-7-6-11-26(14-15)22(29)20-25-19(18-10-4-5-12-27(18)20)21(28)24-13-16-8-2-3-9-17(16)23/h2-5,8-10,12,15H,6-7,11,13-14H2,1H3,(H,24,28). The van der Waals surface area contributed by atoms with Gasteiger partial charge in [-0.2, -0.15) is 0 Å². The fraction of sp³-hybridized carbons (Fsp3) is 0.318. The Bertz CT molecular complexity index is 1060. The van der Waals surface area contributed by atoms with Gasteiger partial charge in [-0.05, 0) is 37.0 Å². The van der Waals surface area contributed by atoms with Crippen LogP contribution in [0.1, 0.15) is 46.4 Å². The van der Waals surface area contributed by atoms with Gasteiger partial charge in [-0.25, -0.2) is 9.37 Å². The van der Waals surface area contributed by atoms with Gasteiger partial charge >= 0.3 is 0 Å². The number of pyridine rings is 1. The third-order valence-electron chi connectivity index (χ3n) is 5.30. The average molecular weight is 394 g/mol. The normalized spacial score (nSPS) is 16.8. The highest BCUT2D eigenvalue weighted by molar-refractivity contribution is 6.02. The number of nitrogens with one attached hydrogen (secondary N) is 1. The zero-order valence-corrected chi connectivity index (χ0v) is 16.3. The van der Waals surface area contributed by atoms with Crippen molar-refractivity contribution in [3.8, 4) is 0 Å². The summed E-state index contributed by atoms with van der Waals surface area (Å²) >= 11 is 0. The first-order valence-corrected chi connectivity index (χ1v) is 9.82. The molecule has 1 saturated heterocycles. The van der Waals surface area contributed by atoms with Crippen molar-refractivity contribution in [3.05, 3.63) is 71.6 Å². The summed E-state index contributed by atoms with van der Waals surface area (Å²) in [5.74, 6) is -0.320. The highest BCUT2D eigenvalue weighted by Gasteiger charge is 2.27. The monoisotopic (exact) mass is 394 g/mol. The molecule has 3 aromatic rings. The van der Waals surface area contributed by atoms with Crippen molar-refractivity contribution < 1.29 is 14.0 Å². The second kappa shape index (κ2) is 8.03. The summed E-state index contributed by atoms with van der Waals surface area (Å²) in [6, 6.07) is 11.6. The third kappa shape index (κ3) is 3.85. The van der Waals surface area contributed by atoms with Crippen LogP contribution in [0.4, 0.5) is 4.39 Å². The molecule has 0 radical (unpaired) electrons. The second-order valence-electron chi connectivity index (χ2n) is 7.51. The van der Waals surface area contributed by atoms with E-state index in [9.17, 15) is 14.0 Å². The molecule has 4 rings (SSSR count). The van der Waals surface area contributed by atoms with Gasteiger partial charge in [0.25, 0.3) is 11.8 Å². The summed E-state index contributed by atoms with van der Waals surface area (Å²) in [5, 5.41) is 2.71. The van der Waals surface area contributed by atoms with Gasteiger partial charge < -0.3 is 10.2 Å². The van der Waals surface area contributed by atoms with Crippen molar-refractivity contribution in [2.75, 3.05) is 13.1 Å². The molecular formula is C22H23FN4O2. The molecule has 0 spiro atoms. The zero-order valence-electron chi connectivity index (χ0n) is 16.3. The Balaban J connectivity index is 1.61. The van der Waals surface area contributed by atoms with Crippen molar-refractivity contribution in [1.82, 2.24) is 19.6 Å². The van der Waals surface area contributed by atoms with Gasteiger partial charge in [-0.3, -0.25) is 14.0 Å². The lowest BCUT2D eigenvalue weighted by Crippen LogP contribution is -2.40. The lowest BCUT2D eigenvalue weighted by Gasteiger charge is -2.30. The number of benzene rings is 1. The number of hydrogen-bond donors (Lipinski definition) is 1. The third-order valence-corrected chi connectivity index (χ3v) is 5.30. The van der Waals surface area contributed by atoms with E-state index in [4.69, 9.17) is 0 Å². The molecule has 1 N–H and O–H groups in total. The zero-order chi connectivity index (χ0) is 20.4. The van der Waals surface area contributed by atoms with Gasteiger partial charge in [-0.15, -0.1) is 0 Å². The SMILES string of the molecule is CC1CCCN(C(=O)c2nc(C(=O)NCc3ccccc3F)c3ccccn23)C1. The van der Waals surface area contributed by atoms with Crippen molar-refractivity contribution >= 4 is 17.3 Å². The summed E-state index contributed by atoms with van der Waals surface area (Å²) in [5.41, 5.74) is 1.10. The molecule has 0 saturated carbocycles. The van der Waals surface area contributed by atoms with Crippen molar-refractivity contribution in [3.63, 3.8) is 0 Å². The number of halogens is 1. The first kappa shape index (κ1) is 19.1. The number of aromatic nitrogens is 2. The van der Waals surface area contributed by atoms with E-state index in [1.165, 1.54) is 6.07 Å². The molecule has 1 unspecified atom stereocenters. The number of hydrogen-bond acceptors (Lipinski definition) is 3. The molecule has 7 heteroatoms. The van der Waals surface area contributed by atoms with Crippen molar-refractivity contribution in [1.29, 1.82) is 0 Å². The van der Waals surface area contributed by atoms with Gasteiger partial charge in [0.05, 0.1) is 5.52 Å². The van der Waals surface area contributed by atoms with Gasteiger partial charge in [0.1, 0.15) is 5.82 Å². The second-order valence-corrected chi connectivity index (χ2v) is 7.51. The van der Waals surface area contributed by atoms with E-state index in [-0.39, 0.29) is 29.8 Å². The van der Waals surface area contributed by atoms with Crippen molar-refractivity contribution in [2.24, 2.45) is 5.92 Å². The van der Waals surface area contributed by atoms with Crippen molar-refractivity contribution in [2.45, 2.75) is 26.3 Å². The van der Waals surface area contributed by atoms with E-state index in [2.05, 4.69) is 17.2 Å². The Morgan fingerprint density at radius 3 is 2.79 bits per heavy atom. The quantitative estimate of drug-likeness (QED) is 0.739. The van der Waals surface area contributed by atoms with Crippen LogP contribution in [0.3, 0.4) is 0 Å². The Kier molecular flexibility index (Phi) is 5.29. The van der Waals surface area contributed by atoms with Gasteiger partial charge in [0, 0.05) is 31.4 Å². The number of imidazole rings is 1. The molecule has 6 nitrogen and oxygen atoms in total. The van der Waals surface area contributed by atoms with Crippen LogP contribution >= 0.6 is 0 Å². The number of amides is 2. The van der Waals surface area contributed by atoms with Crippen LogP contribution in [0.5, 0.6) is 0 Å². The fourth-order valence-corrected chi connectivity index (χ4v) is 3.77. The minimum atomic E-state index is -0.442. The minimum Gasteiger partial charge on any atom is -0.346 e. The van der Waals surface area contributed by atoms with Crippen LogP contribution in [0.25, 0.3) is 5.52 Å². The first-order chi connectivity index (χ1) is 14.0. The van der Waals surface area contributed by atoms with Crippen LogP contribution in [0.15, 0.2) is 48.7 Å². The van der Waals surface area contributed by atoms with Gasteiger partial charge in [0.15, 0.2) is 5.69 Å².